The fraction of sp³-hybridized carbons (Fsp3) is 0.692. The Balaban J connectivity index is 1.83. The summed E-state index contributed by atoms with van der Waals surface area (Å²) in [6.45, 7) is 5.20. The predicted molar refractivity (Wildman–Crippen MR) is 59.8 cm³/mol. The van der Waals surface area contributed by atoms with Crippen LogP contribution >= 0.6 is 0 Å². The van der Waals surface area contributed by atoms with Crippen molar-refractivity contribution in [3.63, 3.8) is 0 Å². The molecule has 2 aliphatic carbocycles. The lowest BCUT2D eigenvalue weighted by Gasteiger charge is -2.25. The van der Waals surface area contributed by atoms with Crippen LogP contribution in [0, 0.1) is 30.1 Å². The summed E-state index contributed by atoms with van der Waals surface area (Å²) in [4.78, 5) is 0. The Bertz CT molecular complexity index is 282. The van der Waals surface area contributed by atoms with E-state index in [4.69, 9.17) is 6.42 Å². The van der Waals surface area contributed by atoms with Crippen LogP contribution in [0.25, 0.3) is 0 Å². The molecule has 0 radical (unpaired) electrons. The van der Waals surface area contributed by atoms with Crippen molar-refractivity contribution in [2.45, 2.75) is 32.2 Å². The van der Waals surface area contributed by atoms with Crippen molar-refractivity contribution < 1.29 is 0 Å². The van der Waals surface area contributed by atoms with Gasteiger partial charge >= 0.3 is 0 Å². The van der Waals surface area contributed by atoms with Gasteiger partial charge in [0.2, 0.25) is 0 Å². The predicted octanol–water partition coefficient (Wildman–Crippen LogP) is 2.20. The quantitative estimate of drug-likeness (QED) is 0.530. The molecule has 0 aromatic carbocycles. The van der Waals surface area contributed by atoms with Gasteiger partial charge in [-0.3, -0.25) is 0 Å². The molecule has 0 aliphatic heterocycles. The van der Waals surface area contributed by atoms with Gasteiger partial charge in [0.05, 0.1) is 5.54 Å². The summed E-state index contributed by atoms with van der Waals surface area (Å²) in [7, 11) is 0. The van der Waals surface area contributed by atoms with E-state index in [2.05, 4.69) is 37.2 Å². The average Bonchev–Trinajstić information content (AvgIpc) is 2.76. The van der Waals surface area contributed by atoms with Gasteiger partial charge in [-0.05, 0) is 51.0 Å². The van der Waals surface area contributed by atoms with Crippen LogP contribution in [0.3, 0.4) is 0 Å². The lowest BCUT2D eigenvalue weighted by Crippen LogP contribution is -2.41. The molecule has 2 rings (SSSR count). The molecule has 1 N–H and O–H groups in total. The molecule has 0 aromatic rings. The minimum Gasteiger partial charge on any atom is -0.301 e. The smallest absolute Gasteiger partial charge is 0.0741 e. The van der Waals surface area contributed by atoms with Crippen molar-refractivity contribution in [2.24, 2.45) is 17.8 Å². The van der Waals surface area contributed by atoms with Gasteiger partial charge in [-0.2, -0.15) is 0 Å². The molecule has 1 saturated carbocycles. The van der Waals surface area contributed by atoms with Gasteiger partial charge in [-0.25, -0.2) is 0 Å². The van der Waals surface area contributed by atoms with Crippen LogP contribution in [-0.4, -0.2) is 12.1 Å². The zero-order valence-electron chi connectivity index (χ0n) is 9.09. The van der Waals surface area contributed by atoms with Crippen LogP contribution in [0.4, 0.5) is 0 Å². The number of fused-ring (bicyclic) bond motifs is 2. The van der Waals surface area contributed by atoms with E-state index in [9.17, 15) is 0 Å². The molecular formula is C13H19N. The normalized spacial score (nSPS) is 34.8. The summed E-state index contributed by atoms with van der Waals surface area (Å²) in [5.74, 6) is 5.28. The second-order valence-electron chi connectivity index (χ2n) is 5.19. The third-order valence-corrected chi connectivity index (χ3v) is 3.58. The van der Waals surface area contributed by atoms with Crippen molar-refractivity contribution in [2.75, 3.05) is 6.54 Å². The van der Waals surface area contributed by atoms with Crippen LogP contribution in [-0.2, 0) is 0 Å². The van der Waals surface area contributed by atoms with E-state index >= 15 is 0 Å². The standard InChI is InChI=1S/C13H19N/c1-4-13(2,3)14-9-12-8-10-5-6-11(12)7-10/h1,5-6,10-12,14H,7-9H2,2-3H3. The van der Waals surface area contributed by atoms with Crippen molar-refractivity contribution in [3.8, 4) is 12.3 Å². The molecule has 1 nitrogen and oxygen atoms in total. The van der Waals surface area contributed by atoms with E-state index in [0.717, 1.165) is 24.3 Å². The van der Waals surface area contributed by atoms with Crippen LogP contribution in [0.1, 0.15) is 26.7 Å². The van der Waals surface area contributed by atoms with Crippen molar-refractivity contribution >= 4 is 0 Å². The fourth-order valence-electron chi connectivity index (χ4n) is 2.57. The third kappa shape index (κ3) is 1.86. The molecule has 1 heteroatoms. The first-order valence-corrected chi connectivity index (χ1v) is 5.52. The van der Waals surface area contributed by atoms with Crippen LogP contribution in [0.15, 0.2) is 12.2 Å². The van der Waals surface area contributed by atoms with Gasteiger partial charge in [0.1, 0.15) is 0 Å². The summed E-state index contributed by atoms with van der Waals surface area (Å²) >= 11 is 0. The zero-order valence-corrected chi connectivity index (χ0v) is 9.09. The van der Waals surface area contributed by atoms with Gasteiger partial charge in [0, 0.05) is 0 Å². The molecule has 2 bridgehead atoms. The Labute approximate surface area is 87.0 Å². The summed E-state index contributed by atoms with van der Waals surface area (Å²) < 4.78 is 0. The molecule has 0 saturated heterocycles. The highest BCUT2D eigenvalue weighted by molar-refractivity contribution is 5.12. The largest absolute Gasteiger partial charge is 0.301 e. The SMILES string of the molecule is C#CC(C)(C)NCC1CC2C=CC1C2. The third-order valence-electron chi connectivity index (χ3n) is 3.58. The first kappa shape index (κ1) is 9.80. The number of nitrogens with one attached hydrogen (secondary N) is 1. The van der Waals surface area contributed by atoms with Gasteiger partial charge in [-0.1, -0.05) is 18.1 Å². The highest BCUT2D eigenvalue weighted by Crippen LogP contribution is 2.43. The van der Waals surface area contributed by atoms with E-state index in [1.54, 1.807) is 0 Å². The highest BCUT2D eigenvalue weighted by atomic mass is 14.9. The number of hydrogen-bond donors (Lipinski definition) is 1. The summed E-state index contributed by atoms with van der Waals surface area (Å²) in [6, 6.07) is 0. The minimum absolute atomic E-state index is 0.147. The van der Waals surface area contributed by atoms with E-state index in [-0.39, 0.29) is 5.54 Å². The van der Waals surface area contributed by atoms with Crippen LogP contribution in [0.2, 0.25) is 0 Å². The maximum Gasteiger partial charge on any atom is 0.0741 e. The monoisotopic (exact) mass is 189 g/mol. The van der Waals surface area contributed by atoms with Gasteiger partial charge in [0.25, 0.3) is 0 Å². The topological polar surface area (TPSA) is 12.0 Å². The number of allylic oxidation sites excluding steroid dienone is 2. The lowest BCUT2D eigenvalue weighted by atomic mass is 9.92. The Morgan fingerprint density at radius 3 is 2.71 bits per heavy atom. The second kappa shape index (κ2) is 3.44. The van der Waals surface area contributed by atoms with Crippen molar-refractivity contribution in [3.05, 3.63) is 12.2 Å². The van der Waals surface area contributed by atoms with Crippen molar-refractivity contribution in [1.82, 2.24) is 5.32 Å². The molecule has 3 atom stereocenters. The lowest BCUT2D eigenvalue weighted by molar-refractivity contribution is 0.369. The van der Waals surface area contributed by atoms with Crippen LogP contribution in [0.5, 0.6) is 0 Å². The number of hydrogen-bond acceptors (Lipinski definition) is 1. The molecule has 0 aromatic heterocycles. The Morgan fingerprint density at radius 2 is 2.21 bits per heavy atom. The first-order chi connectivity index (χ1) is 6.61. The number of terminal acetylenes is 1. The second-order valence-corrected chi connectivity index (χ2v) is 5.19. The van der Waals surface area contributed by atoms with E-state index in [0.29, 0.717) is 0 Å². The molecule has 2 aliphatic rings. The number of rotatable bonds is 3. The summed E-state index contributed by atoms with van der Waals surface area (Å²) in [5.41, 5.74) is -0.147. The first-order valence-electron chi connectivity index (χ1n) is 5.52. The van der Waals surface area contributed by atoms with Gasteiger partial charge in [0.15, 0.2) is 0 Å². The maximum absolute atomic E-state index is 5.44. The molecule has 76 valence electrons. The summed E-state index contributed by atoms with van der Waals surface area (Å²) in [5, 5.41) is 3.47. The molecule has 0 heterocycles. The van der Waals surface area contributed by atoms with Crippen molar-refractivity contribution in [1.29, 1.82) is 0 Å². The van der Waals surface area contributed by atoms with E-state index in [1.165, 1.54) is 12.8 Å². The molecule has 0 amide bonds. The Kier molecular flexibility index (Phi) is 2.41. The van der Waals surface area contributed by atoms with Gasteiger partial charge in [-0.15, -0.1) is 6.42 Å². The average molecular weight is 189 g/mol. The highest BCUT2D eigenvalue weighted by Gasteiger charge is 2.35. The van der Waals surface area contributed by atoms with E-state index < -0.39 is 0 Å². The van der Waals surface area contributed by atoms with Gasteiger partial charge < -0.3 is 5.32 Å². The fourth-order valence-corrected chi connectivity index (χ4v) is 2.57. The van der Waals surface area contributed by atoms with E-state index in [1.807, 2.05) is 0 Å². The summed E-state index contributed by atoms with van der Waals surface area (Å²) in [6.07, 6.45) is 12.9. The zero-order chi connectivity index (χ0) is 10.2. The molecule has 1 fully saturated rings. The molecule has 14 heavy (non-hydrogen) atoms. The Morgan fingerprint density at radius 1 is 1.43 bits per heavy atom. The molecular weight excluding hydrogens is 170 g/mol. The van der Waals surface area contributed by atoms with Crippen LogP contribution < -0.4 is 5.32 Å². The minimum atomic E-state index is -0.147. The molecule has 0 spiro atoms. The Hall–Kier alpha value is -0.740. The molecule has 3 unspecified atom stereocenters. The maximum atomic E-state index is 5.44.